The number of morpholine rings is 2. The van der Waals surface area contributed by atoms with Crippen LogP contribution in [0.25, 0.3) is 0 Å². The summed E-state index contributed by atoms with van der Waals surface area (Å²) >= 11 is 0. The van der Waals surface area contributed by atoms with Crippen LogP contribution in [0.2, 0.25) is 0 Å². The van der Waals surface area contributed by atoms with Gasteiger partial charge in [0.2, 0.25) is 0 Å². The van der Waals surface area contributed by atoms with Gasteiger partial charge >= 0.3 is 49.4 Å². The molecular weight excluding hydrogens is 600 g/mol. The van der Waals surface area contributed by atoms with E-state index in [1.807, 2.05) is 0 Å². The molecule has 0 spiro atoms. The van der Waals surface area contributed by atoms with Gasteiger partial charge in [-0.25, -0.2) is 9.34 Å². The molecule has 0 bridgehead atoms. The fourth-order valence-electron chi connectivity index (χ4n) is 3.21. The van der Waals surface area contributed by atoms with Gasteiger partial charge in [-0.05, 0) is 0 Å². The molecule has 0 N–H and O–H groups in total. The van der Waals surface area contributed by atoms with Gasteiger partial charge < -0.3 is 9.47 Å². The summed E-state index contributed by atoms with van der Waals surface area (Å²) in [6.07, 6.45) is -7.68. The smallest absolute Gasteiger partial charge is 0.379 e. The third-order valence-electron chi connectivity index (χ3n) is 5.50. The Kier molecular flexibility index (Phi) is 9.11. The van der Waals surface area contributed by atoms with Crippen molar-refractivity contribution < 1.29 is 84.4 Å². The number of halogens is 15. The van der Waals surface area contributed by atoms with E-state index in [1.54, 1.807) is 0 Å². The Morgan fingerprint density at radius 2 is 0.868 bits per heavy atom. The molecular formula is C16H18F15N2O4P. The molecule has 226 valence electrons. The van der Waals surface area contributed by atoms with Gasteiger partial charge in [0.1, 0.15) is 6.61 Å². The quantitative estimate of drug-likeness (QED) is 0.250. The molecule has 0 saturated carbocycles. The average Bonchev–Trinajstić information content (AvgIpc) is 2.82. The summed E-state index contributed by atoms with van der Waals surface area (Å²) in [7, 11) is -4.87. The Balaban J connectivity index is 2.42. The third kappa shape index (κ3) is 5.22. The Morgan fingerprint density at radius 1 is 0.553 bits per heavy atom. The molecule has 2 aliphatic heterocycles. The molecule has 0 atom stereocenters. The van der Waals surface area contributed by atoms with E-state index in [2.05, 4.69) is 4.52 Å². The van der Waals surface area contributed by atoms with Crippen LogP contribution in [-0.2, 0) is 18.6 Å². The van der Waals surface area contributed by atoms with E-state index in [4.69, 9.17) is 9.47 Å². The first-order valence-electron chi connectivity index (χ1n) is 10.2. The van der Waals surface area contributed by atoms with Crippen molar-refractivity contribution in [2.24, 2.45) is 0 Å². The lowest BCUT2D eigenvalue weighted by atomic mass is 9.91. The van der Waals surface area contributed by atoms with Crippen molar-refractivity contribution in [1.29, 1.82) is 0 Å². The lowest BCUT2D eigenvalue weighted by molar-refractivity contribution is -0.453. The number of alkyl halides is 15. The molecule has 2 aliphatic rings. The van der Waals surface area contributed by atoms with E-state index >= 15 is 0 Å². The van der Waals surface area contributed by atoms with Gasteiger partial charge in [-0.3, -0.25) is 9.09 Å². The summed E-state index contributed by atoms with van der Waals surface area (Å²) in [6.45, 7) is -5.40. The second kappa shape index (κ2) is 10.4. The van der Waals surface area contributed by atoms with Gasteiger partial charge in [0, 0.05) is 26.2 Å². The standard InChI is InChI=1S/C16H18F15N2O4P/c17-10(18,9-37-38(34,32-1-5-35-6-2-32)33-3-7-36-8-4-33)11(19,20)12(21,22)13(23,24)14(25,26)15(27,28)16(29,30)31/h1-9H2. The minimum atomic E-state index is -8.40. The summed E-state index contributed by atoms with van der Waals surface area (Å²) < 4.78 is 230. The van der Waals surface area contributed by atoms with Crippen molar-refractivity contribution in [2.75, 3.05) is 59.2 Å². The number of hydrogen-bond donors (Lipinski definition) is 0. The van der Waals surface area contributed by atoms with Crippen molar-refractivity contribution in [2.45, 2.75) is 41.7 Å². The van der Waals surface area contributed by atoms with Crippen LogP contribution in [0.1, 0.15) is 0 Å². The van der Waals surface area contributed by atoms with Crippen LogP contribution in [0, 0.1) is 0 Å². The summed E-state index contributed by atoms with van der Waals surface area (Å²) in [6, 6.07) is 0. The first-order valence-corrected chi connectivity index (χ1v) is 11.7. The topological polar surface area (TPSA) is 51.2 Å². The van der Waals surface area contributed by atoms with Crippen LogP contribution in [0.3, 0.4) is 0 Å². The minimum absolute atomic E-state index is 0.211. The van der Waals surface area contributed by atoms with Crippen molar-refractivity contribution in [1.82, 2.24) is 9.34 Å². The first-order chi connectivity index (χ1) is 16.9. The molecule has 2 heterocycles. The molecule has 0 radical (unpaired) electrons. The Morgan fingerprint density at radius 3 is 1.21 bits per heavy atom. The van der Waals surface area contributed by atoms with Crippen LogP contribution in [0.5, 0.6) is 0 Å². The van der Waals surface area contributed by atoms with Gasteiger partial charge in [-0.2, -0.15) is 65.9 Å². The van der Waals surface area contributed by atoms with E-state index in [1.165, 1.54) is 0 Å². The molecule has 0 unspecified atom stereocenters. The van der Waals surface area contributed by atoms with E-state index in [0.29, 0.717) is 0 Å². The van der Waals surface area contributed by atoms with E-state index in [-0.39, 0.29) is 52.6 Å². The molecule has 2 saturated heterocycles. The molecule has 2 rings (SSSR count). The molecule has 2 fully saturated rings. The molecule has 0 amide bonds. The SMILES string of the molecule is O=P(OCC(F)(F)C(F)(F)C(F)(F)C(F)(F)C(F)(F)C(F)(F)C(F)(F)F)(N1CCOCC1)N1CCOCC1. The van der Waals surface area contributed by atoms with Gasteiger partial charge in [-0.1, -0.05) is 0 Å². The molecule has 22 heteroatoms. The lowest BCUT2D eigenvalue weighted by Crippen LogP contribution is -2.73. The zero-order valence-electron chi connectivity index (χ0n) is 18.5. The largest absolute Gasteiger partial charge is 0.460 e. The Bertz CT molecular complexity index is 851. The van der Waals surface area contributed by atoms with Crippen LogP contribution in [0.4, 0.5) is 65.9 Å². The zero-order chi connectivity index (χ0) is 29.6. The van der Waals surface area contributed by atoms with Crippen molar-refractivity contribution in [3.63, 3.8) is 0 Å². The van der Waals surface area contributed by atoms with Crippen molar-refractivity contribution in [3.8, 4) is 0 Å². The number of nitrogens with zero attached hydrogens (tertiary/aromatic N) is 2. The van der Waals surface area contributed by atoms with Gasteiger partial charge in [-0.15, -0.1) is 0 Å². The maximum absolute atomic E-state index is 14.3. The van der Waals surface area contributed by atoms with Crippen molar-refractivity contribution >= 4 is 7.67 Å². The number of ether oxygens (including phenoxy) is 2. The maximum atomic E-state index is 14.3. The summed E-state index contributed by atoms with van der Waals surface area (Å²) in [5, 5.41) is 0. The molecule has 6 nitrogen and oxygen atoms in total. The molecule has 0 aromatic carbocycles. The fourth-order valence-corrected chi connectivity index (χ4v) is 5.56. The summed E-state index contributed by atoms with van der Waals surface area (Å²) in [4.78, 5) is 0. The van der Waals surface area contributed by atoms with Crippen LogP contribution in [-0.4, -0.2) is 110 Å². The third-order valence-corrected chi connectivity index (χ3v) is 8.19. The first kappa shape index (κ1) is 33.2. The summed E-state index contributed by atoms with van der Waals surface area (Å²) in [5.74, 6) is -47.4. The summed E-state index contributed by atoms with van der Waals surface area (Å²) in [5.41, 5.74) is 0. The normalized spacial score (nSPS) is 21.1. The Labute approximate surface area is 203 Å². The van der Waals surface area contributed by atoms with Gasteiger partial charge in [0.05, 0.1) is 26.4 Å². The molecule has 0 aromatic rings. The van der Waals surface area contributed by atoms with E-state index in [9.17, 15) is 70.4 Å². The molecule has 0 aromatic heterocycles. The van der Waals surface area contributed by atoms with E-state index < -0.39 is 56.0 Å². The Hall–Kier alpha value is -1.02. The second-order valence-electron chi connectivity index (χ2n) is 7.97. The highest BCUT2D eigenvalue weighted by molar-refractivity contribution is 7.54. The monoisotopic (exact) mass is 618 g/mol. The average molecular weight is 618 g/mol. The predicted octanol–water partition coefficient (Wildman–Crippen LogP) is 5.15. The van der Waals surface area contributed by atoms with E-state index in [0.717, 1.165) is 9.34 Å². The minimum Gasteiger partial charge on any atom is -0.379 e. The highest BCUT2D eigenvalue weighted by Gasteiger charge is 2.93. The van der Waals surface area contributed by atoms with Crippen LogP contribution < -0.4 is 0 Å². The maximum Gasteiger partial charge on any atom is 0.460 e. The number of rotatable bonds is 10. The second-order valence-corrected chi connectivity index (χ2v) is 10.3. The van der Waals surface area contributed by atoms with Crippen LogP contribution >= 0.6 is 7.67 Å². The van der Waals surface area contributed by atoms with Gasteiger partial charge in [0.25, 0.3) is 0 Å². The zero-order valence-corrected chi connectivity index (χ0v) is 19.4. The number of hydrogen-bond acceptors (Lipinski definition) is 4. The molecule has 38 heavy (non-hydrogen) atoms. The highest BCUT2D eigenvalue weighted by Crippen LogP contribution is 2.63. The highest BCUT2D eigenvalue weighted by atomic mass is 31.2. The lowest BCUT2D eigenvalue weighted by Gasteiger charge is -2.43. The van der Waals surface area contributed by atoms with Crippen LogP contribution in [0.15, 0.2) is 0 Å². The fraction of sp³-hybridized carbons (Fsp3) is 1.00. The van der Waals surface area contributed by atoms with Crippen molar-refractivity contribution in [3.05, 3.63) is 0 Å². The molecule has 0 aliphatic carbocycles. The van der Waals surface area contributed by atoms with Gasteiger partial charge in [0.15, 0.2) is 0 Å². The predicted molar refractivity (Wildman–Crippen MR) is 94.1 cm³/mol.